The van der Waals surface area contributed by atoms with Gasteiger partial charge >= 0.3 is 0 Å². The number of hydrogen-bond acceptors (Lipinski definition) is 6. The maximum absolute atomic E-state index is 13.3. The third-order valence-corrected chi connectivity index (χ3v) is 9.39. The largest absolute Gasteiger partial charge is 0.495 e. The van der Waals surface area contributed by atoms with E-state index in [1.165, 1.54) is 12.7 Å². The lowest BCUT2D eigenvalue weighted by Gasteiger charge is -2.21. The number of hydrogen-bond donors (Lipinski definition) is 1. The predicted molar refractivity (Wildman–Crippen MR) is 114 cm³/mol. The summed E-state index contributed by atoms with van der Waals surface area (Å²) in [4.78, 5) is 0.0539. The molecule has 1 aliphatic heterocycles. The zero-order valence-corrected chi connectivity index (χ0v) is 18.3. The van der Waals surface area contributed by atoms with Gasteiger partial charge < -0.3 is 10.1 Å². The molecule has 0 spiro atoms. The van der Waals surface area contributed by atoms with Crippen molar-refractivity contribution in [3.8, 4) is 5.75 Å². The van der Waals surface area contributed by atoms with E-state index in [4.69, 9.17) is 4.74 Å². The van der Waals surface area contributed by atoms with Crippen LogP contribution in [0.4, 0.5) is 0 Å². The van der Waals surface area contributed by atoms with E-state index in [1.54, 1.807) is 25.1 Å². The summed E-state index contributed by atoms with van der Waals surface area (Å²) in [5.41, 5.74) is 1.97. The minimum atomic E-state index is -3.88. The normalized spacial score (nSPS) is 21.2. The highest BCUT2D eigenvalue weighted by atomic mass is 32.2. The molecule has 0 bridgehead atoms. The number of aryl methyl sites for hydroxylation is 2. The second-order valence-electron chi connectivity index (χ2n) is 7.46. The second kappa shape index (κ2) is 8.85. The third-order valence-electron chi connectivity index (χ3n) is 5.22. The topological polar surface area (TPSA) is 89.5 Å². The molecule has 158 valence electrons. The van der Waals surface area contributed by atoms with Crippen molar-refractivity contribution < 1.29 is 21.6 Å². The zero-order valence-electron chi connectivity index (χ0n) is 16.7. The standard InChI is InChI=1S/C21H27NO5S2/c1-16-10-11-19(27-2)20(13-16)29(25,26)21-15-28(23,24)14-18(21)22-12-6-9-17-7-4-3-5-8-17/h3-5,7-8,10-11,13,18,21-22H,6,9,12,14-15H2,1-2H3/t18-,21-/m1/s1. The predicted octanol–water partition coefficient (Wildman–Crippen LogP) is 2.17. The molecule has 6 nitrogen and oxygen atoms in total. The van der Waals surface area contributed by atoms with Gasteiger partial charge in [-0.25, -0.2) is 16.8 Å². The molecule has 0 aromatic heterocycles. The molecule has 1 fully saturated rings. The van der Waals surface area contributed by atoms with Gasteiger partial charge in [0.05, 0.1) is 23.9 Å². The SMILES string of the molecule is COc1ccc(C)cc1S(=O)(=O)[C@@H]1CS(=O)(=O)C[C@H]1NCCCc1ccccc1. The molecule has 1 aliphatic rings. The molecule has 2 aromatic carbocycles. The van der Waals surface area contributed by atoms with Crippen molar-refractivity contribution in [2.24, 2.45) is 0 Å². The second-order valence-corrected chi connectivity index (χ2v) is 11.8. The first-order chi connectivity index (χ1) is 13.7. The lowest BCUT2D eigenvalue weighted by atomic mass is 10.1. The molecule has 1 heterocycles. The molecule has 0 unspecified atom stereocenters. The van der Waals surface area contributed by atoms with Crippen molar-refractivity contribution in [1.29, 1.82) is 0 Å². The molecule has 2 aromatic rings. The Morgan fingerprint density at radius 2 is 1.83 bits per heavy atom. The molecule has 0 aliphatic carbocycles. The maximum atomic E-state index is 13.3. The van der Waals surface area contributed by atoms with Crippen LogP contribution in [0.2, 0.25) is 0 Å². The van der Waals surface area contributed by atoms with Crippen LogP contribution in [-0.2, 0) is 26.1 Å². The highest BCUT2D eigenvalue weighted by molar-refractivity contribution is 7.96. The first-order valence-corrected chi connectivity index (χ1v) is 13.0. The van der Waals surface area contributed by atoms with Gasteiger partial charge in [-0.1, -0.05) is 36.4 Å². The van der Waals surface area contributed by atoms with Gasteiger partial charge in [0.1, 0.15) is 10.6 Å². The average molecular weight is 438 g/mol. The van der Waals surface area contributed by atoms with Crippen LogP contribution in [0.1, 0.15) is 17.5 Å². The van der Waals surface area contributed by atoms with Gasteiger partial charge in [-0.15, -0.1) is 0 Å². The number of rotatable bonds is 8. The van der Waals surface area contributed by atoms with Crippen molar-refractivity contribution in [3.05, 3.63) is 59.7 Å². The Balaban J connectivity index is 1.76. The summed E-state index contributed by atoms with van der Waals surface area (Å²) in [6.07, 6.45) is 1.64. The van der Waals surface area contributed by atoms with E-state index in [9.17, 15) is 16.8 Å². The number of ether oxygens (including phenoxy) is 1. The van der Waals surface area contributed by atoms with E-state index in [0.717, 1.165) is 18.4 Å². The molecular weight excluding hydrogens is 410 g/mol. The van der Waals surface area contributed by atoms with Gasteiger partial charge in [-0.05, 0) is 49.6 Å². The summed E-state index contributed by atoms with van der Waals surface area (Å²) in [6, 6.07) is 14.3. The minimum absolute atomic E-state index is 0.0539. The molecule has 0 radical (unpaired) electrons. The van der Waals surface area contributed by atoms with Gasteiger partial charge in [0.2, 0.25) is 0 Å². The first-order valence-electron chi connectivity index (χ1n) is 9.59. The highest BCUT2D eigenvalue weighted by Gasteiger charge is 2.46. The zero-order chi connectivity index (χ0) is 21.1. The average Bonchev–Trinajstić information content (AvgIpc) is 3.01. The minimum Gasteiger partial charge on any atom is -0.495 e. The fraction of sp³-hybridized carbons (Fsp3) is 0.429. The van der Waals surface area contributed by atoms with Gasteiger partial charge in [-0.2, -0.15) is 0 Å². The van der Waals surface area contributed by atoms with Crippen LogP contribution in [-0.4, -0.2) is 53.3 Å². The van der Waals surface area contributed by atoms with Crippen LogP contribution in [0, 0.1) is 6.92 Å². The lowest BCUT2D eigenvalue weighted by Crippen LogP contribution is -2.43. The van der Waals surface area contributed by atoms with E-state index in [0.29, 0.717) is 6.54 Å². The van der Waals surface area contributed by atoms with Crippen LogP contribution < -0.4 is 10.1 Å². The molecule has 1 saturated heterocycles. The lowest BCUT2D eigenvalue weighted by molar-refractivity contribution is 0.402. The summed E-state index contributed by atoms with van der Waals surface area (Å²) < 4.78 is 56.4. The van der Waals surface area contributed by atoms with Crippen molar-refractivity contribution in [3.63, 3.8) is 0 Å². The van der Waals surface area contributed by atoms with E-state index in [1.807, 2.05) is 30.3 Å². The first kappa shape index (κ1) is 21.8. The number of sulfone groups is 2. The van der Waals surface area contributed by atoms with E-state index < -0.39 is 31.0 Å². The summed E-state index contributed by atoms with van der Waals surface area (Å²) >= 11 is 0. The molecule has 2 atom stereocenters. The van der Waals surface area contributed by atoms with Crippen LogP contribution >= 0.6 is 0 Å². The van der Waals surface area contributed by atoms with Crippen molar-refractivity contribution in [1.82, 2.24) is 5.32 Å². The Kier molecular flexibility index (Phi) is 6.65. The van der Waals surface area contributed by atoms with Crippen LogP contribution in [0.15, 0.2) is 53.4 Å². The highest BCUT2D eigenvalue weighted by Crippen LogP contribution is 2.32. The van der Waals surface area contributed by atoms with E-state index >= 15 is 0 Å². The van der Waals surface area contributed by atoms with Crippen LogP contribution in [0.5, 0.6) is 5.75 Å². The molecule has 0 amide bonds. The Hall–Kier alpha value is -1.90. The summed E-state index contributed by atoms with van der Waals surface area (Å²) in [5, 5.41) is 2.16. The quantitative estimate of drug-likeness (QED) is 0.637. The Bertz CT molecular complexity index is 1050. The smallest absolute Gasteiger partial charge is 0.187 e. The molecule has 29 heavy (non-hydrogen) atoms. The molecular formula is C21H27NO5S2. The fourth-order valence-corrected chi connectivity index (χ4v) is 8.67. The Morgan fingerprint density at radius 3 is 2.52 bits per heavy atom. The monoisotopic (exact) mass is 437 g/mol. The van der Waals surface area contributed by atoms with Gasteiger partial charge in [-0.3, -0.25) is 0 Å². The molecule has 0 saturated carbocycles. The summed E-state index contributed by atoms with van der Waals surface area (Å²) in [7, 11) is -5.91. The van der Waals surface area contributed by atoms with Gasteiger partial charge in [0, 0.05) is 6.04 Å². The fourth-order valence-electron chi connectivity index (χ4n) is 3.71. The van der Waals surface area contributed by atoms with Crippen LogP contribution in [0.25, 0.3) is 0 Å². The number of benzene rings is 2. The van der Waals surface area contributed by atoms with Crippen molar-refractivity contribution in [2.45, 2.75) is 36.0 Å². The third kappa shape index (κ3) is 5.18. The maximum Gasteiger partial charge on any atom is 0.187 e. The molecule has 8 heteroatoms. The van der Waals surface area contributed by atoms with Gasteiger partial charge in [0.25, 0.3) is 0 Å². The van der Waals surface area contributed by atoms with Gasteiger partial charge in [0.15, 0.2) is 19.7 Å². The van der Waals surface area contributed by atoms with E-state index in [2.05, 4.69) is 5.32 Å². The summed E-state index contributed by atoms with van der Waals surface area (Å²) in [6.45, 7) is 2.34. The van der Waals surface area contributed by atoms with Crippen molar-refractivity contribution in [2.75, 3.05) is 25.2 Å². The Morgan fingerprint density at radius 1 is 1.10 bits per heavy atom. The van der Waals surface area contributed by atoms with Crippen LogP contribution in [0.3, 0.4) is 0 Å². The number of methoxy groups -OCH3 is 1. The molecule has 3 rings (SSSR count). The Labute approximate surface area is 173 Å². The van der Waals surface area contributed by atoms with E-state index in [-0.39, 0.29) is 22.2 Å². The van der Waals surface area contributed by atoms with Crippen molar-refractivity contribution >= 4 is 19.7 Å². The molecule has 1 N–H and O–H groups in total. The number of nitrogens with one attached hydrogen (secondary N) is 1. The summed E-state index contributed by atoms with van der Waals surface area (Å²) in [5.74, 6) is -0.304.